The molecule has 1 aliphatic rings. The van der Waals surface area contributed by atoms with Crippen molar-refractivity contribution < 1.29 is 4.79 Å². The van der Waals surface area contributed by atoms with E-state index < -0.39 is 0 Å². The zero-order valence-electron chi connectivity index (χ0n) is 12.8. The number of hydrogen-bond acceptors (Lipinski definition) is 2. The van der Waals surface area contributed by atoms with Gasteiger partial charge < -0.3 is 0 Å². The third-order valence-electron chi connectivity index (χ3n) is 4.80. The SMILES string of the molecule is CCC(CC)(C(=O)Cc1c(Cl)cccc1Cl)N1CCCC1. The van der Waals surface area contributed by atoms with E-state index in [1.165, 1.54) is 12.8 Å². The molecule has 2 rings (SSSR count). The van der Waals surface area contributed by atoms with E-state index in [1.54, 1.807) is 12.1 Å². The molecule has 116 valence electrons. The molecule has 0 N–H and O–H groups in total. The molecule has 0 radical (unpaired) electrons. The van der Waals surface area contributed by atoms with Gasteiger partial charge in [0.1, 0.15) is 0 Å². The molecule has 0 spiro atoms. The molecule has 1 aliphatic heterocycles. The van der Waals surface area contributed by atoms with Gasteiger partial charge in [-0.25, -0.2) is 0 Å². The van der Waals surface area contributed by atoms with E-state index in [-0.39, 0.29) is 11.3 Å². The summed E-state index contributed by atoms with van der Waals surface area (Å²) < 4.78 is 0. The topological polar surface area (TPSA) is 20.3 Å². The largest absolute Gasteiger partial charge is 0.297 e. The lowest BCUT2D eigenvalue weighted by Crippen LogP contribution is -2.53. The van der Waals surface area contributed by atoms with Gasteiger partial charge in [0.25, 0.3) is 0 Å². The Morgan fingerprint density at radius 2 is 1.67 bits per heavy atom. The van der Waals surface area contributed by atoms with E-state index in [9.17, 15) is 4.79 Å². The van der Waals surface area contributed by atoms with Crippen LogP contribution in [0.3, 0.4) is 0 Å². The second-order valence-corrected chi connectivity index (χ2v) is 6.55. The van der Waals surface area contributed by atoms with Gasteiger partial charge in [-0.15, -0.1) is 0 Å². The molecule has 21 heavy (non-hydrogen) atoms. The molecule has 0 bridgehead atoms. The smallest absolute Gasteiger partial charge is 0.157 e. The number of hydrogen-bond donors (Lipinski definition) is 0. The number of Topliss-reactive ketones (excluding diaryl/α,β-unsaturated/α-hetero) is 1. The van der Waals surface area contributed by atoms with Gasteiger partial charge in [-0.3, -0.25) is 9.69 Å². The van der Waals surface area contributed by atoms with Crippen molar-refractivity contribution in [3.8, 4) is 0 Å². The minimum atomic E-state index is -0.362. The summed E-state index contributed by atoms with van der Waals surface area (Å²) in [5.74, 6) is 0.240. The first-order chi connectivity index (χ1) is 10.0. The summed E-state index contributed by atoms with van der Waals surface area (Å²) in [5.41, 5.74) is 0.398. The number of likely N-dealkylation sites (tertiary alicyclic amines) is 1. The standard InChI is InChI=1S/C17H23Cl2NO/c1-3-17(4-2,20-10-5-6-11-20)16(21)12-13-14(18)8-7-9-15(13)19/h7-9H,3-6,10-12H2,1-2H3. The van der Waals surface area contributed by atoms with Crippen molar-refractivity contribution in [3.63, 3.8) is 0 Å². The van der Waals surface area contributed by atoms with Crippen molar-refractivity contribution in [1.29, 1.82) is 0 Å². The highest BCUT2D eigenvalue weighted by atomic mass is 35.5. The average molecular weight is 328 g/mol. The lowest BCUT2D eigenvalue weighted by Gasteiger charge is -2.39. The highest BCUT2D eigenvalue weighted by molar-refractivity contribution is 6.36. The minimum Gasteiger partial charge on any atom is -0.297 e. The van der Waals surface area contributed by atoms with Crippen LogP contribution in [0.2, 0.25) is 10.0 Å². The van der Waals surface area contributed by atoms with Crippen molar-refractivity contribution in [3.05, 3.63) is 33.8 Å². The lowest BCUT2D eigenvalue weighted by atomic mass is 9.83. The highest BCUT2D eigenvalue weighted by Crippen LogP contribution is 2.33. The van der Waals surface area contributed by atoms with Crippen molar-refractivity contribution in [1.82, 2.24) is 4.90 Å². The van der Waals surface area contributed by atoms with Crippen LogP contribution in [0.4, 0.5) is 0 Å². The van der Waals surface area contributed by atoms with Gasteiger partial charge in [0.2, 0.25) is 0 Å². The number of nitrogens with zero attached hydrogens (tertiary/aromatic N) is 1. The van der Waals surface area contributed by atoms with Crippen LogP contribution in [-0.4, -0.2) is 29.3 Å². The normalized spacial score (nSPS) is 16.4. The summed E-state index contributed by atoms with van der Waals surface area (Å²) in [6.45, 7) is 6.25. The molecule has 2 nitrogen and oxygen atoms in total. The Kier molecular flexibility index (Phi) is 5.70. The Morgan fingerprint density at radius 1 is 1.14 bits per heavy atom. The molecule has 1 saturated heterocycles. The van der Waals surface area contributed by atoms with Gasteiger partial charge >= 0.3 is 0 Å². The van der Waals surface area contributed by atoms with Gasteiger partial charge in [-0.1, -0.05) is 43.1 Å². The molecule has 1 aromatic carbocycles. The number of carbonyl (C=O) groups excluding carboxylic acids is 1. The summed E-state index contributed by atoms with van der Waals surface area (Å²) in [6, 6.07) is 5.41. The number of benzene rings is 1. The number of halogens is 2. The van der Waals surface area contributed by atoms with E-state index in [0.717, 1.165) is 31.5 Å². The Labute approximate surface area is 137 Å². The van der Waals surface area contributed by atoms with Crippen molar-refractivity contribution >= 4 is 29.0 Å². The second-order valence-electron chi connectivity index (χ2n) is 5.73. The Bertz CT molecular complexity index is 485. The summed E-state index contributed by atoms with van der Waals surface area (Å²) in [6.07, 6.45) is 4.36. The molecule has 0 atom stereocenters. The van der Waals surface area contributed by atoms with Crippen LogP contribution in [0.25, 0.3) is 0 Å². The van der Waals surface area contributed by atoms with Crippen molar-refractivity contribution in [2.75, 3.05) is 13.1 Å². The number of rotatable bonds is 6. The van der Waals surface area contributed by atoms with Gasteiger partial charge in [0.05, 0.1) is 5.54 Å². The summed E-state index contributed by atoms with van der Waals surface area (Å²) in [5, 5.41) is 1.16. The maximum atomic E-state index is 13.0. The molecular formula is C17H23Cl2NO. The molecule has 1 fully saturated rings. The average Bonchev–Trinajstić information content (AvgIpc) is 3.00. The predicted molar refractivity (Wildman–Crippen MR) is 89.3 cm³/mol. The number of carbonyl (C=O) groups is 1. The van der Waals surface area contributed by atoms with Crippen LogP contribution in [0.5, 0.6) is 0 Å². The fourth-order valence-electron chi connectivity index (χ4n) is 3.44. The first-order valence-corrected chi connectivity index (χ1v) is 8.52. The summed E-state index contributed by atoms with van der Waals surface area (Å²) >= 11 is 12.4. The maximum absolute atomic E-state index is 13.0. The molecule has 0 saturated carbocycles. The molecular weight excluding hydrogens is 305 g/mol. The van der Waals surface area contributed by atoms with E-state index in [1.807, 2.05) is 6.07 Å². The zero-order valence-corrected chi connectivity index (χ0v) is 14.3. The highest BCUT2D eigenvalue weighted by Gasteiger charge is 2.41. The van der Waals surface area contributed by atoms with Crippen molar-refractivity contribution in [2.45, 2.75) is 51.5 Å². The third kappa shape index (κ3) is 3.28. The zero-order chi connectivity index (χ0) is 15.5. The first-order valence-electron chi connectivity index (χ1n) is 7.76. The van der Waals surface area contributed by atoms with Crippen LogP contribution in [0.1, 0.15) is 45.1 Å². The Morgan fingerprint density at radius 3 is 2.14 bits per heavy atom. The van der Waals surface area contributed by atoms with Gasteiger partial charge in [-0.05, 0) is 56.5 Å². The third-order valence-corrected chi connectivity index (χ3v) is 5.51. The van der Waals surface area contributed by atoms with Crippen LogP contribution in [0, 0.1) is 0 Å². The van der Waals surface area contributed by atoms with Crippen LogP contribution in [0.15, 0.2) is 18.2 Å². The fraction of sp³-hybridized carbons (Fsp3) is 0.588. The Balaban J connectivity index is 2.27. The van der Waals surface area contributed by atoms with E-state index in [4.69, 9.17) is 23.2 Å². The Hall–Kier alpha value is -0.570. The van der Waals surface area contributed by atoms with Crippen LogP contribution < -0.4 is 0 Å². The van der Waals surface area contributed by atoms with Crippen LogP contribution in [-0.2, 0) is 11.2 Å². The van der Waals surface area contributed by atoms with Gasteiger partial charge in [0.15, 0.2) is 5.78 Å². The van der Waals surface area contributed by atoms with E-state index in [0.29, 0.717) is 16.5 Å². The summed E-state index contributed by atoms with van der Waals surface area (Å²) in [7, 11) is 0. The molecule has 1 heterocycles. The predicted octanol–water partition coefficient (Wildman–Crippen LogP) is 4.76. The second kappa shape index (κ2) is 7.13. The van der Waals surface area contributed by atoms with Gasteiger partial charge in [-0.2, -0.15) is 0 Å². The monoisotopic (exact) mass is 327 g/mol. The summed E-state index contributed by atoms with van der Waals surface area (Å²) in [4.78, 5) is 15.4. The maximum Gasteiger partial charge on any atom is 0.157 e. The van der Waals surface area contributed by atoms with E-state index >= 15 is 0 Å². The first kappa shape index (κ1) is 16.8. The quantitative estimate of drug-likeness (QED) is 0.750. The lowest BCUT2D eigenvalue weighted by molar-refractivity contribution is -0.130. The van der Waals surface area contributed by atoms with Crippen LogP contribution >= 0.6 is 23.2 Å². The van der Waals surface area contributed by atoms with E-state index in [2.05, 4.69) is 18.7 Å². The molecule has 0 amide bonds. The number of ketones is 1. The molecule has 1 aromatic rings. The fourth-order valence-corrected chi connectivity index (χ4v) is 3.97. The molecule has 0 aliphatic carbocycles. The van der Waals surface area contributed by atoms with Gasteiger partial charge in [0, 0.05) is 16.5 Å². The molecule has 0 unspecified atom stereocenters. The van der Waals surface area contributed by atoms with Crippen molar-refractivity contribution in [2.24, 2.45) is 0 Å². The molecule has 4 heteroatoms. The molecule has 0 aromatic heterocycles. The minimum absolute atomic E-state index is 0.240.